The van der Waals surface area contributed by atoms with Gasteiger partial charge < -0.3 is 5.11 Å². The number of thiophene rings is 1. The van der Waals surface area contributed by atoms with Crippen molar-refractivity contribution >= 4 is 39.0 Å². The van der Waals surface area contributed by atoms with Crippen molar-refractivity contribution in [1.29, 1.82) is 0 Å². The molecule has 1 nitrogen and oxygen atoms in total. The van der Waals surface area contributed by atoms with E-state index in [2.05, 4.69) is 22.0 Å². The number of fused-ring (bicyclic) bond motifs is 1. The molecule has 2 aromatic rings. The Hall–Kier alpha value is -0.360. The zero-order valence-corrected chi connectivity index (χ0v) is 14.0. The van der Waals surface area contributed by atoms with Gasteiger partial charge in [-0.05, 0) is 47.6 Å². The first-order valence-electron chi connectivity index (χ1n) is 6.44. The molecule has 1 aromatic heterocycles. The number of hydrogen-bond acceptors (Lipinski definition) is 3. The van der Waals surface area contributed by atoms with Crippen LogP contribution in [0.3, 0.4) is 0 Å². The lowest BCUT2D eigenvalue weighted by Crippen LogP contribution is -2.00. The predicted octanol–water partition coefficient (Wildman–Crippen LogP) is 4.72. The highest BCUT2D eigenvalue weighted by molar-refractivity contribution is 9.10. The lowest BCUT2D eigenvalue weighted by atomic mass is 10.1. The van der Waals surface area contributed by atoms with Gasteiger partial charge in [0.05, 0.1) is 6.10 Å². The third-order valence-corrected chi connectivity index (χ3v) is 6.13. The van der Waals surface area contributed by atoms with Gasteiger partial charge in [-0.1, -0.05) is 15.9 Å². The number of thioether (sulfide) groups is 1. The Labute approximate surface area is 134 Å². The SMILES string of the molecule is OC(Cc1cc(F)cc(Br)c1)c1cc2c(s1)CCSC2. The van der Waals surface area contributed by atoms with Gasteiger partial charge in [-0.2, -0.15) is 11.8 Å². The Morgan fingerprint density at radius 1 is 1.30 bits per heavy atom. The minimum absolute atomic E-state index is 0.275. The van der Waals surface area contributed by atoms with Crippen LogP contribution in [0.25, 0.3) is 0 Å². The number of halogens is 2. The van der Waals surface area contributed by atoms with Crippen LogP contribution in [0.1, 0.15) is 27.0 Å². The maximum absolute atomic E-state index is 13.4. The number of aliphatic hydroxyl groups is 1. The molecular weight excluding hydrogens is 359 g/mol. The molecule has 1 N–H and O–H groups in total. The Balaban J connectivity index is 1.78. The highest BCUT2D eigenvalue weighted by Gasteiger charge is 2.18. The van der Waals surface area contributed by atoms with Crippen LogP contribution in [-0.2, 0) is 18.6 Å². The lowest BCUT2D eigenvalue weighted by molar-refractivity contribution is 0.182. The van der Waals surface area contributed by atoms with Gasteiger partial charge in [0, 0.05) is 26.4 Å². The van der Waals surface area contributed by atoms with Crippen LogP contribution in [-0.4, -0.2) is 10.9 Å². The fourth-order valence-corrected chi connectivity index (χ4v) is 5.26. The number of aliphatic hydroxyl groups excluding tert-OH is 1. The number of benzene rings is 1. The zero-order chi connectivity index (χ0) is 14.1. The molecular formula is C15H14BrFOS2. The topological polar surface area (TPSA) is 20.2 Å². The van der Waals surface area contributed by atoms with Crippen molar-refractivity contribution in [2.75, 3.05) is 5.75 Å². The van der Waals surface area contributed by atoms with Crippen LogP contribution >= 0.6 is 39.0 Å². The average Bonchev–Trinajstić information content (AvgIpc) is 2.81. The van der Waals surface area contributed by atoms with Gasteiger partial charge in [-0.15, -0.1) is 11.3 Å². The van der Waals surface area contributed by atoms with Gasteiger partial charge in [0.1, 0.15) is 5.82 Å². The van der Waals surface area contributed by atoms with E-state index in [9.17, 15) is 9.50 Å². The molecule has 5 heteroatoms. The molecule has 0 saturated carbocycles. The van der Waals surface area contributed by atoms with Crippen LogP contribution in [0.4, 0.5) is 4.39 Å². The molecule has 0 amide bonds. The zero-order valence-electron chi connectivity index (χ0n) is 10.7. The summed E-state index contributed by atoms with van der Waals surface area (Å²) in [5.74, 6) is 1.94. The van der Waals surface area contributed by atoms with Gasteiger partial charge >= 0.3 is 0 Å². The van der Waals surface area contributed by atoms with E-state index in [-0.39, 0.29) is 5.82 Å². The van der Waals surface area contributed by atoms with Gasteiger partial charge in [-0.3, -0.25) is 0 Å². The minimum Gasteiger partial charge on any atom is -0.387 e. The molecule has 0 fully saturated rings. The normalized spacial score (nSPS) is 15.9. The van der Waals surface area contributed by atoms with Gasteiger partial charge in [0.25, 0.3) is 0 Å². The number of hydrogen-bond donors (Lipinski definition) is 1. The van der Waals surface area contributed by atoms with Crippen molar-refractivity contribution in [2.24, 2.45) is 0 Å². The first-order chi connectivity index (χ1) is 9.61. The van der Waals surface area contributed by atoms with Crippen LogP contribution in [0.2, 0.25) is 0 Å². The summed E-state index contributed by atoms with van der Waals surface area (Å²) in [6.45, 7) is 0. The molecule has 1 aliphatic heterocycles. The first-order valence-corrected chi connectivity index (χ1v) is 9.20. The van der Waals surface area contributed by atoms with Gasteiger partial charge in [-0.25, -0.2) is 4.39 Å². The molecule has 0 saturated heterocycles. The summed E-state index contributed by atoms with van der Waals surface area (Å²) in [7, 11) is 0. The summed E-state index contributed by atoms with van der Waals surface area (Å²) < 4.78 is 14.1. The molecule has 1 aliphatic rings. The third kappa shape index (κ3) is 3.27. The number of aryl methyl sites for hydroxylation is 1. The maximum atomic E-state index is 13.4. The summed E-state index contributed by atoms with van der Waals surface area (Å²) in [6, 6.07) is 6.88. The molecule has 106 valence electrons. The van der Waals surface area contributed by atoms with Crippen molar-refractivity contribution in [1.82, 2.24) is 0 Å². The van der Waals surface area contributed by atoms with Gasteiger partial charge in [0.15, 0.2) is 0 Å². The fraction of sp³-hybridized carbons (Fsp3) is 0.333. The van der Waals surface area contributed by atoms with Crippen molar-refractivity contribution < 1.29 is 9.50 Å². The van der Waals surface area contributed by atoms with E-state index in [0.29, 0.717) is 10.9 Å². The molecule has 0 radical (unpaired) electrons. The summed E-state index contributed by atoms with van der Waals surface area (Å²) in [5.41, 5.74) is 2.17. The average molecular weight is 373 g/mol. The second-order valence-electron chi connectivity index (χ2n) is 4.90. The van der Waals surface area contributed by atoms with E-state index >= 15 is 0 Å². The largest absolute Gasteiger partial charge is 0.387 e. The molecule has 0 aliphatic carbocycles. The third-order valence-electron chi connectivity index (χ3n) is 3.33. The highest BCUT2D eigenvalue weighted by Crippen LogP contribution is 2.35. The highest BCUT2D eigenvalue weighted by atomic mass is 79.9. The van der Waals surface area contributed by atoms with E-state index in [4.69, 9.17) is 0 Å². The Morgan fingerprint density at radius 3 is 2.90 bits per heavy atom. The van der Waals surface area contributed by atoms with Gasteiger partial charge in [0.2, 0.25) is 0 Å². The first kappa shape index (κ1) is 14.6. The molecule has 3 rings (SSSR count). The Morgan fingerprint density at radius 2 is 2.15 bits per heavy atom. The van der Waals surface area contributed by atoms with Crippen LogP contribution < -0.4 is 0 Å². The van der Waals surface area contributed by atoms with Crippen molar-refractivity contribution in [3.05, 3.63) is 55.4 Å². The molecule has 1 unspecified atom stereocenters. The van der Waals surface area contributed by atoms with Crippen molar-refractivity contribution in [3.8, 4) is 0 Å². The smallest absolute Gasteiger partial charge is 0.124 e. The summed E-state index contributed by atoms with van der Waals surface area (Å²) >= 11 is 6.93. The maximum Gasteiger partial charge on any atom is 0.124 e. The fourth-order valence-electron chi connectivity index (χ4n) is 2.39. The molecule has 1 aromatic carbocycles. The van der Waals surface area contributed by atoms with Crippen molar-refractivity contribution in [2.45, 2.75) is 24.7 Å². The Bertz CT molecular complexity index is 583. The molecule has 0 bridgehead atoms. The molecule has 1 atom stereocenters. The lowest BCUT2D eigenvalue weighted by Gasteiger charge is -2.09. The van der Waals surface area contributed by atoms with E-state index < -0.39 is 6.10 Å². The summed E-state index contributed by atoms with van der Waals surface area (Å²) in [4.78, 5) is 2.40. The summed E-state index contributed by atoms with van der Waals surface area (Å²) in [5, 5.41) is 10.4. The van der Waals surface area contributed by atoms with E-state index in [1.54, 1.807) is 11.3 Å². The summed E-state index contributed by atoms with van der Waals surface area (Å²) in [6.07, 6.45) is 0.996. The second-order valence-corrected chi connectivity index (χ2v) is 8.09. The predicted molar refractivity (Wildman–Crippen MR) is 86.9 cm³/mol. The minimum atomic E-state index is -0.552. The Kier molecular flexibility index (Phi) is 4.50. The standard InChI is InChI=1S/C15H14BrFOS2/c16-11-3-9(4-12(17)7-11)5-13(18)15-6-10-8-19-2-1-14(10)20-15/h3-4,6-7,13,18H,1-2,5,8H2. The van der Waals surface area contributed by atoms with Crippen molar-refractivity contribution in [3.63, 3.8) is 0 Å². The van der Waals surface area contributed by atoms with Crippen LogP contribution in [0.5, 0.6) is 0 Å². The molecule has 20 heavy (non-hydrogen) atoms. The van der Waals surface area contributed by atoms with E-state index in [1.165, 1.54) is 28.3 Å². The van der Waals surface area contributed by atoms with E-state index in [0.717, 1.165) is 22.6 Å². The number of rotatable bonds is 3. The quantitative estimate of drug-likeness (QED) is 0.841. The second kappa shape index (κ2) is 6.18. The van der Waals surface area contributed by atoms with Crippen LogP contribution in [0, 0.1) is 5.82 Å². The molecule has 2 heterocycles. The monoisotopic (exact) mass is 372 g/mol. The van der Waals surface area contributed by atoms with Crippen LogP contribution in [0.15, 0.2) is 28.7 Å². The molecule has 0 spiro atoms. The van der Waals surface area contributed by atoms with E-state index in [1.807, 2.05) is 17.8 Å².